The number of nitrogens with two attached hydrogens (primary N) is 1. The molecule has 1 fully saturated rings. The topological polar surface area (TPSA) is 138 Å². The smallest absolute Gasteiger partial charge is 0.259 e. The molecule has 9 nitrogen and oxygen atoms in total. The van der Waals surface area contributed by atoms with E-state index in [-0.39, 0.29) is 25.1 Å². The van der Waals surface area contributed by atoms with E-state index in [2.05, 4.69) is 5.32 Å². The van der Waals surface area contributed by atoms with Crippen molar-refractivity contribution >= 4 is 29.0 Å². The second-order valence-corrected chi connectivity index (χ2v) is 7.34. The number of carbonyl (C=O) groups is 2. The van der Waals surface area contributed by atoms with Crippen molar-refractivity contribution in [2.24, 2.45) is 5.73 Å². The molecule has 0 aromatic heterocycles. The van der Waals surface area contributed by atoms with Gasteiger partial charge in [-0.3, -0.25) is 15.0 Å². The Morgan fingerprint density at radius 3 is 2.58 bits per heavy atom. The van der Waals surface area contributed by atoms with E-state index in [4.69, 9.17) is 20.6 Å². The average molecular weight is 426 g/mol. The molecule has 31 heavy (non-hydrogen) atoms. The Morgan fingerprint density at radius 1 is 1.26 bits per heavy atom. The molecule has 1 aliphatic rings. The second-order valence-electron chi connectivity index (χ2n) is 7.34. The molecule has 9 heteroatoms. The minimum atomic E-state index is -1.71. The zero-order valence-electron chi connectivity index (χ0n) is 17.4. The van der Waals surface area contributed by atoms with Crippen molar-refractivity contribution in [1.29, 1.82) is 5.41 Å². The van der Waals surface area contributed by atoms with Gasteiger partial charge in [0.2, 0.25) is 0 Å². The van der Waals surface area contributed by atoms with E-state index in [1.807, 2.05) is 19.9 Å². The van der Waals surface area contributed by atoms with E-state index in [0.717, 1.165) is 0 Å². The summed E-state index contributed by atoms with van der Waals surface area (Å²) < 4.78 is 11.2. The molecule has 2 amide bonds. The molecule has 0 bridgehead atoms. The normalized spacial score (nSPS) is 17.4. The molecule has 2 atom stereocenters. The number of benzene rings is 2. The Balaban J connectivity index is 1.73. The molecule has 2 aromatic rings. The first-order valence-corrected chi connectivity index (χ1v) is 9.90. The van der Waals surface area contributed by atoms with Gasteiger partial charge in [0.05, 0.1) is 18.4 Å². The third-order valence-electron chi connectivity index (χ3n) is 4.66. The van der Waals surface area contributed by atoms with Crippen LogP contribution in [0.3, 0.4) is 0 Å². The Hall–Kier alpha value is -3.43. The van der Waals surface area contributed by atoms with Crippen LogP contribution < -0.4 is 20.7 Å². The van der Waals surface area contributed by atoms with Crippen molar-refractivity contribution in [3.8, 4) is 5.75 Å². The van der Waals surface area contributed by atoms with Crippen LogP contribution in [0.25, 0.3) is 0 Å². The largest absolute Gasteiger partial charge is 0.489 e. The highest BCUT2D eigenvalue weighted by Gasteiger charge is 2.40. The van der Waals surface area contributed by atoms with Crippen molar-refractivity contribution in [1.82, 2.24) is 0 Å². The summed E-state index contributed by atoms with van der Waals surface area (Å²) in [5, 5.41) is 20.5. The number of hydrogen-bond donors (Lipinski definition) is 4. The van der Waals surface area contributed by atoms with Crippen LogP contribution >= 0.6 is 0 Å². The Morgan fingerprint density at radius 2 is 1.94 bits per heavy atom. The van der Waals surface area contributed by atoms with Gasteiger partial charge in [-0.05, 0) is 50.2 Å². The fraction of sp³-hybridized carbons (Fsp3) is 0.318. The summed E-state index contributed by atoms with van der Waals surface area (Å²) in [7, 11) is 0. The van der Waals surface area contributed by atoms with Crippen LogP contribution in [0.4, 0.5) is 11.4 Å². The molecule has 5 N–H and O–H groups in total. The minimum absolute atomic E-state index is 0.0844. The van der Waals surface area contributed by atoms with Crippen molar-refractivity contribution in [2.45, 2.75) is 32.2 Å². The molecular formula is C22H26N4O5. The number of carbonyl (C=O) groups excluding carboxylic acids is 2. The average Bonchev–Trinajstić information content (AvgIpc) is 2.74. The molecule has 0 unspecified atom stereocenters. The quantitative estimate of drug-likeness (QED) is 0.391. The molecule has 0 spiro atoms. The molecule has 3 rings (SSSR count). The van der Waals surface area contributed by atoms with E-state index in [0.29, 0.717) is 22.7 Å². The summed E-state index contributed by atoms with van der Waals surface area (Å²) in [6.07, 6.45) is -3.14. The van der Waals surface area contributed by atoms with Gasteiger partial charge in [-0.2, -0.15) is 0 Å². The van der Waals surface area contributed by atoms with Gasteiger partial charge in [0, 0.05) is 17.8 Å². The number of nitrogen functional groups attached to an aromatic ring is 1. The van der Waals surface area contributed by atoms with Crippen LogP contribution in [0, 0.1) is 5.41 Å². The Bertz CT molecular complexity index is 961. The molecule has 0 radical (unpaired) electrons. The summed E-state index contributed by atoms with van der Waals surface area (Å²) in [4.78, 5) is 27.0. The molecule has 164 valence electrons. The molecule has 1 heterocycles. The number of hydrogen-bond acceptors (Lipinski definition) is 6. The standard InChI is InChI=1S/C22H26N4O5/c1-13(2)31-17-6-4-3-5-16(17)26-11-12-30-19(22(26)29)18(27)21(28)25-15-9-7-14(8-10-15)20(23)24/h3-10,13,18-19,27H,11-12H2,1-2H3,(H3,23,24)(H,25,28)/t18-,19-/m1/s1. The van der Waals surface area contributed by atoms with Gasteiger partial charge >= 0.3 is 0 Å². The zero-order chi connectivity index (χ0) is 22.5. The van der Waals surface area contributed by atoms with Crippen molar-refractivity contribution in [3.63, 3.8) is 0 Å². The number of nitrogens with one attached hydrogen (secondary N) is 2. The SMILES string of the molecule is CC(C)Oc1ccccc1N1CCO[C@H]([C@@H](O)C(=O)Nc2ccc(C(=N)N)cc2)C1=O. The maximum Gasteiger partial charge on any atom is 0.259 e. The van der Waals surface area contributed by atoms with Crippen LogP contribution in [0.1, 0.15) is 19.4 Å². The summed E-state index contributed by atoms with van der Waals surface area (Å²) in [5.41, 5.74) is 6.87. The van der Waals surface area contributed by atoms with Crippen molar-refractivity contribution in [2.75, 3.05) is 23.4 Å². The predicted octanol–water partition coefficient (Wildman–Crippen LogP) is 1.49. The highest BCUT2D eigenvalue weighted by atomic mass is 16.5. The van der Waals surface area contributed by atoms with E-state index >= 15 is 0 Å². The Kier molecular flexibility index (Phi) is 6.88. The first kappa shape index (κ1) is 22.3. The number of morpholine rings is 1. The molecule has 0 saturated carbocycles. The maximum atomic E-state index is 13.0. The lowest BCUT2D eigenvalue weighted by molar-refractivity contribution is -0.150. The number of rotatable bonds is 7. The Labute approximate surface area is 180 Å². The maximum absolute atomic E-state index is 13.0. The number of amidine groups is 1. The monoisotopic (exact) mass is 426 g/mol. The lowest BCUT2D eigenvalue weighted by Crippen LogP contribution is -2.55. The van der Waals surface area contributed by atoms with Gasteiger partial charge in [0.15, 0.2) is 12.2 Å². The first-order valence-electron chi connectivity index (χ1n) is 9.90. The summed E-state index contributed by atoms with van der Waals surface area (Å²) in [6.45, 7) is 4.20. The number of nitrogens with zero attached hydrogens (tertiary/aromatic N) is 1. The van der Waals surface area contributed by atoms with Crippen molar-refractivity contribution < 1.29 is 24.2 Å². The van der Waals surface area contributed by atoms with Crippen LogP contribution in [-0.4, -0.2) is 54.2 Å². The number of amides is 2. The van der Waals surface area contributed by atoms with Crippen molar-refractivity contribution in [3.05, 3.63) is 54.1 Å². The fourth-order valence-corrected chi connectivity index (χ4v) is 3.19. The van der Waals surface area contributed by atoms with Gasteiger partial charge < -0.3 is 30.5 Å². The lowest BCUT2D eigenvalue weighted by Gasteiger charge is -2.35. The summed E-state index contributed by atoms with van der Waals surface area (Å²) in [6, 6.07) is 13.4. The zero-order valence-corrected chi connectivity index (χ0v) is 17.4. The number of aliphatic hydroxyl groups is 1. The van der Waals surface area contributed by atoms with Gasteiger partial charge in [-0.15, -0.1) is 0 Å². The van der Waals surface area contributed by atoms with E-state index in [9.17, 15) is 14.7 Å². The number of anilines is 2. The summed E-state index contributed by atoms with van der Waals surface area (Å²) in [5.74, 6) is -0.861. The van der Waals surface area contributed by atoms with Crippen LogP contribution in [0.2, 0.25) is 0 Å². The third-order valence-corrected chi connectivity index (χ3v) is 4.66. The highest BCUT2D eigenvalue weighted by molar-refractivity contribution is 6.04. The van der Waals surface area contributed by atoms with Crippen LogP contribution in [0.15, 0.2) is 48.5 Å². The number of ether oxygens (including phenoxy) is 2. The van der Waals surface area contributed by atoms with E-state index in [1.165, 1.54) is 4.90 Å². The molecular weight excluding hydrogens is 400 g/mol. The predicted molar refractivity (Wildman–Crippen MR) is 116 cm³/mol. The van der Waals surface area contributed by atoms with E-state index < -0.39 is 24.0 Å². The molecule has 0 aliphatic carbocycles. The molecule has 1 aliphatic heterocycles. The minimum Gasteiger partial charge on any atom is -0.489 e. The van der Waals surface area contributed by atoms with Gasteiger partial charge in [0.1, 0.15) is 11.6 Å². The molecule has 2 aromatic carbocycles. The number of aliphatic hydroxyl groups excluding tert-OH is 1. The summed E-state index contributed by atoms with van der Waals surface area (Å²) >= 11 is 0. The highest BCUT2D eigenvalue weighted by Crippen LogP contribution is 2.31. The first-order chi connectivity index (χ1) is 14.8. The van der Waals surface area contributed by atoms with Gasteiger partial charge in [0.25, 0.3) is 11.8 Å². The molecule has 1 saturated heterocycles. The fourth-order valence-electron chi connectivity index (χ4n) is 3.19. The van der Waals surface area contributed by atoms with E-state index in [1.54, 1.807) is 42.5 Å². The third kappa shape index (κ3) is 5.19. The van der Waals surface area contributed by atoms with Crippen LogP contribution in [-0.2, 0) is 14.3 Å². The van der Waals surface area contributed by atoms with Gasteiger partial charge in [-0.25, -0.2) is 0 Å². The number of para-hydroxylation sites is 2. The lowest BCUT2D eigenvalue weighted by atomic mass is 10.1. The second kappa shape index (κ2) is 9.59. The van der Waals surface area contributed by atoms with Crippen LogP contribution in [0.5, 0.6) is 5.75 Å². The van der Waals surface area contributed by atoms with Gasteiger partial charge in [-0.1, -0.05) is 12.1 Å².